The zero-order valence-electron chi connectivity index (χ0n) is 26.6. The molecule has 1 aliphatic heterocycles. The van der Waals surface area contributed by atoms with Gasteiger partial charge in [-0.15, -0.1) is 0 Å². The average molecular weight is 670 g/mol. The van der Waals surface area contributed by atoms with Gasteiger partial charge in [0.05, 0.1) is 25.9 Å². The molecule has 1 aliphatic rings. The minimum Gasteiger partial charge on any atom is -0.481 e. The molecule has 15 heteroatoms. The molecule has 0 aliphatic carbocycles. The lowest BCUT2D eigenvalue weighted by Gasteiger charge is -2.17. The number of ether oxygens (including phenoxy) is 3. The lowest BCUT2D eigenvalue weighted by Crippen LogP contribution is -2.41. The van der Waals surface area contributed by atoms with Crippen LogP contribution in [-0.2, 0) is 52.6 Å². The molecule has 1 heterocycles. The van der Waals surface area contributed by atoms with Crippen LogP contribution in [0.2, 0.25) is 0 Å². The highest BCUT2D eigenvalue weighted by atomic mass is 16.5. The molecule has 0 saturated carbocycles. The number of Topliss-reactive ketones (excluding diaryl/α,β-unsaturated/α-hetero) is 3. The number of nitrogens with zero attached hydrogens (tertiary/aromatic N) is 1. The van der Waals surface area contributed by atoms with Crippen LogP contribution in [0, 0.1) is 0 Å². The Kier molecular flexibility index (Phi) is 24.1. The first-order valence-corrected chi connectivity index (χ1v) is 15.5. The maximum atomic E-state index is 12.7. The van der Waals surface area contributed by atoms with E-state index in [2.05, 4.69) is 10.6 Å². The van der Waals surface area contributed by atoms with E-state index in [4.69, 9.17) is 19.3 Å². The maximum absolute atomic E-state index is 12.7. The molecule has 266 valence electrons. The third-order valence-electron chi connectivity index (χ3n) is 6.83. The van der Waals surface area contributed by atoms with E-state index in [0.29, 0.717) is 32.6 Å². The SMILES string of the molecule is C.COCCNC(=O)CCOCCCC(=O)CCCC(=O)[C@H](CCC(=O)O)NC(=O)CCOCCCC(=O)CCN1C(=O)C=CC1=O. The molecule has 3 N–H and O–H groups in total. The fraction of sp³-hybridized carbons (Fsp3) is 0.688. The van der Waals surface area contributed by atoms with Crippen LogP contribution in [0.25, 0.3) is 0 Å². The Hall–Kier alpha value is -3.82. The van der Waals surface area contributed by atoms with Crippen LogP contribution in [0.3, 0.4) is 0 Å². The Labute approximate surface area is 276 Å². The van der Waals surface area contributed by atoms with E-state index >= 15 is 0 Å². The van der Waals surface area contributed by atoms with Crippen LogP contribution in [0.4, 0.5) is 0 Å². The van der Waals surface area contributed by atoms with Crippen molar-refractivity contribution in [2.24, 2.45) is 0 Å². The molecule has 1 atom stereocenters. The Morgan fingerprint density at radius 1 is 0.723 bits per heavy atom. The molecule has 1 rings (SSSR count). The molecule has 0 unspecified atom stereocenters. The summed E-state index contributed by atoms with van der Waals surface area (Å²) in [7, 11) is 1.54. The molecule has 0 aromatic heterocycles. The van der Waals surface area contributed by atoms with Gasteiger partial charge in [0, 0.05) is 96.9 Å². The third-order valence-corrected chi connectivity index (χ3v) is 6.83. The second kappa shape index (κ2) is 26.3. The molecule has 47 heavy (non-hydrogen) atoms. The minimum absolute atomic E-state index is 0. The van der Waals surface area contributed by atoms with E-state index in [1.165, 1.54) is 0 Å². The van der Waals surface area contributed by atoms with Gasteiger partial charge in [-0.3, -0.25) is 43.3 Å². The molecule has 0 bridgehead atoms. The number of aliphatic carboxylic acids is 1. The summed E-state index contributed by atoms with van der Waals surface area (Å²) in [6.07, 6.45) is 3.87. The van der Waals surface area contributed by atoms with Gasteiger partial charge < -0.3 is 30.0 Å². The predicted molar refractivity (Wildman–Crippen MR) is 169 cm³/mol. The Morgan fingerprint density at radius 2 is 1.28 bits per heavy atom. The summed E-state index contributed by atoms with van der Waals surface area (Å²) in [5.74, 6) is -3.16. The summed E-state index contributed by atoms with van der Waals surface area (Å²) in [6, 6.07) is -0.999. The number of carbonyl (C=O) groups is 8. The molecule has 0 radical (unpaired) electrons. The fourth-order valence-corrected chi connectivity index (χ4v) is 4.28. The van der Waals surface area contributed by atoms with Gasteiger partial charge in [0.15, 0.2) is 5.78 Å². The van der Waals surface area contributed by atoms with Crippen molar-refractivity contribution in [2.45, 2.75) is 90.5 Å². The van der Waals surface area contributed by atoms with Gasteiger partial charge in [0.25, 0.3) is 11.8 Å². The van der Waals surface area contributed by atoms with E-state index < -0.39 is 29.7 Å². The van der Waals surface area contributed by atoms with Gasteiger partial charge in [-0.2, -0.15) is 0 Å². The number of rotatable bonds is 29. The van der Waals surface area contributed by atoms with Crippen molar-refractivity contribution in [1.29, 1.82) is 0 Å². The predicted octanol–water partition coefficient (Wildman–Crippen LogP) is 1.30. The Balaban J connectivity index is 0.0000212. The topological polar surface area (TPSA) is 212 Å². The fourth-order valence-electron chi connectivity index (χ4n) is 4.28. The Bertz CT molecular complexity index is 1060. The van der Waals surface area contributed by atoms with Crippen LogP contribution in [-0.4, -0.2) is 116 Å². The summed E-state index contributed by atoms with van der Waals surface area (Å²) in [4.78, 5) is 95.9. The molecule has 15 nitrogen and oxygen atoms in total. The first-order valence-electron chi connectivity index (χ1n) is 15.5. The van der Waals surface area contributed by atoms with Crippen LogP contribution >= 0.6 is 0 Å². The number of nitrogens with one attached hydrogen (secondary N) is 2. The first kappa shape index (κ1) is 43.2. The molecular formula is C32H51N3O12. The second-order valence-electron chi connectivity index (χ2n) is 10.6. The van der Waals surface area contributed by atoms with Crippen LogP contribution in [0.5, 0.6) is 0 Å². The number of imide groups is 1. The highest BCUT2D eigenvalue weighted by molar-refractivity contribution is 6.13. The summed E-state index contributed by atoms with van der Waals surface area (Å²) in [5.41, 5.74) is 0. The summed E-state index contributed by atoms with van der Waals surface area (Å²) in [5, 5.41) is 14.3. The van der Waals surface area contributed by atoms with Crippen LogP contribution in [0.15, 0.2) is 12.2 Å². The van der Waals surface area contributed by atoms with Crippen molar-refractivity contribution in [3.63, 3.8) is 0 Å². The number of carboxylic acids is 1. The number of carbonyl (C=O) groups excluding carboxylic acids is 7. The highest BCUT2D eigenvalue weighted by Gasteiger charge is 2.24. The van der Waals surface area contributed by atoms with Gasteiger partial charge in [0.1, 0.15) is 11.6 Å². The molecular weight excluding hydrogens is 618 g/mol. The number of methoxy groups -OCH3 is 1. The zero-order chi connectivity index (χ0) is 34.2. The van der Waals surface area contributed by atoms with Crippen molar-refractivity contribution in [1.82, 2.24) is 15.5 Å². The number of amides is 4. The highest BCUT2D eigenvalue weighted by Crippen LogP contribution is 2.09. The molecule has 0 aromatic rings. The standard InChI is InChI=1S/C31H47N3O12.CH4/c1-44-22-16-32-27(38)14-20-45-18-3-6-23(35)5-2-8-26(37)25(9-12-31(42)43)33-28(39)15-21-46-19-4-7-24(36)13-17-34-29(40)10-11-30(34)41;/h10-11,25H,2-9,12-22H2,1H3,(H,32,38)(H,33,39)(H,42,43);1H4/t25-;/m0./s1. The van der Waals surface area contributed by atoms with Crippen molar-refractivity contribution in [2.75, 3.05) is 53.2 Å². The normalized spacial score (nSPS) is 12.8. The van der Waals surface area contributed by atoms with Crippen LogP contribution < -0.4 is 10.6 Å². The van der Waals surface area contributed by atoms with Crippen molar-refractivity contribution < 1.29 is 57.7 Å². The quantitative estimate of drug-likeness (QED) is 0.0760. The van der Waals surface area contributed by atoms with Gasteiger partial charge in [-0.25, -0.2) is 0 Å². The molecule has 0 saturated heterocycles. The van der Waals surface area contributed by atoms with Gasteiger partial charge >= 0.3 is 5.97 Å². The molecule has 4 amide bonds. The lowest BCUT2D eigenvalue weighted by molar-refractivity contribution is -0.138. The number of ketones is 3. The Morgan fingerprint density at radius 3 is 1.85 bits per heavy atom. The number of carboxylic acid groups (broad SMARTS) is 1. The van der Waals surface area contributed by atoms with E-state index in [0.717, 1.165) is 17.1 Å². The first-order chi connectivity index (χ1) is 22.0. The summed E-state index contributed by atoms with van der Waals surface area (Å²) >= 11 is 0. The summed E-state index contributed by atoms with van der Waals surface area (Å²) in [6.45, 7) is 1.68. The summed E-state index contributed by atoms with van der Waals surface area (Å²) < 4.78 is 15.6. The van der Waals surface area contributed by atoms with E-state index in [-0.39, 0.29) is 121 Å². The van der Waals surface area contributed by atoms with E-state index in [9.17, 15) is 38.4 Å². The second-order valence-corrected chi connectivity index (χ2v) is 10.6. The van der Waals surface area contributed by atoms with Crippen molar-refractivity contribution in [3.8, 4) is 0 Å². The monoisotopic (exact) mass is 669 g/mol. The zero-order valence-corrected chi connectivity index (χ0v) is 26.6. The van der Waals surface area contributed by atoms with Gasteiger partial charge in [-0.1, -0.05) is 7.43 Å². The molecule has 0 spiro atoms. The van der Waals surface area contributed by atoms with Gasteiger partial charge in [0.2, 0.25) is 11.8 Å². The van der Waals surface area contributed by atoms with Crippen LogP contribution in [0.1, 0.15) is 84.5 Å². The van der Waals surface area contributed by atoms with E-state index in [1.54, 1.807) is 7.11 Å². The largest absolute Gasteiger partial charge is 0.481 e. The van der Waals surface area contributed by atoms with E-state index in [1.807, 2.05) is 0 Å². The van der Waals surface area contributed by atoms with Gasteiger partial charge in [-0.05, 0) is 25.7 Å². The third kappa shape index (κ3) is 21.6. The maximum Gasteiger partial charge on any atom is 0.303 e. The number of hydrogen-bond donors (Lipinski definition) is 3. The minimum atomic E-state index is -1.11. The molecule has 0 aromatic carbocycles. The average Bonchev–Trinajstić information content (AvgIpc) is 3.33. The van der Waals surface area contributed by atoms with Crippen molar-refractivity contribution in [3.05, 3.63) is 12.2 Å². The smallest absolute Gasteiger partial charge is 0.303 e. The number of hydrogen-bond acceptors (Lipinski definition) is 11. The molecule has 0 fully saturated rings. The lowest BCUT2D eigenvalue weighted by atomic mass is 10.00. The van der Waals surface area contributed by atoms with Crippen molar-refractivity contribution >= 4 is 46.9 Å².